The number of aromatic carboxylic acids is 1. The van der Waals surface area contributed by atoms with Gasteiger partial charge in [-0.25, -0.2) is 4.79 Å². The molecule has 110 valence electrons. The Kier molecular flexibility index (Phi) is 3.84. The van der Waals surface area contributed by atoms with E-state index in [1.165, 1.54) is 24.3 Å². The number of hydrogen-bond donors (Lipinski definition) is 1. The van der Waals surface area contributed by atoms with Crippen LogP contribution in [0.1, 0.15) is 16.1 Å². The number of carbonyl (C=O) groups is 1. The molecule has 0 amide bonds. The molecule has 7 heteroatoms. The lowest BCUT2D eigenvalue weighted by atomic mass is 10.00. The number of hydrogen-bond acceptors (Lipinski definition) is 3. The van der Waals surface area contributed by atoms with Gasteiger partial charge in [0.1, 0.15) is 5.75 Å². The number of benzene rings is 1. The van der Waals surface area contributed by atoms with Gasteiger partial charge in [0.05, 0.1) is 5.56 Å². The molecule has 1 aromatic heterocycles. The third-order valence-corrected chi connectivity index (χ3v) is 2.67. The molecule has 0 unspecified atom stereocenters. The van der Waals surface area contributed by atoms with Crippen LogP contribution < -0.4 is 4.74 Å². The average Bonchev–Trinajstić information content (AvgIpc) is 2.37. The normalized spacial score (nSPS) is 11.2. The van der Waals surface area contributed by atoms with E-state index in [1.54, 1.807) is 6.92 Å². The van der Waals surface area contributed by atoms with Gasteiger partial charge in [0.25, 0.3) is 0 Å². The number of nitrogens with zero attached hydrogens (tertiary/aromatic N) is 1. The Hall–Kier alpha value is -2.57. The quantitative estimate of drug-likeness (QED) is 0.939. The van der Waals surface area contributed by atoms with E-state index in [-0.39, 0.29) is 16.7 Å². The maximum atomic E-state index is 12.4. The number of alkyl halides is 3. The number of carboxylic acids is 1. The van der Waals surface area contributed by atoms with Crippen molar-refractivity contribution in [2.24, 2.45) is 0 Å². The summed E-state index contributed by atoms with van der Waals surface area (Å²) in [7, 11) is 0. The summed E-state index contributed by atoms with van der Waals surface area (Å²) in [5.41, 5.74) is 0.447. The van der Waals surface area contributed by atoms with Crippen LogP contribution in [0.4, 0.5) is 13.2 Å². The molecule has 21 heavy (non-hydrogen) atoms. The fourth-order valence-electron chi connectivity index (χ4n) is 1.86. The summed E-state index contributed by atoms with van der Waals surface area (Å²) < 4.78 is 41.2. The third-order valence-electron chi connectivity index (χ3n) is 2.67. The van der Waals surface area contributed by atoms with Gasteiger partial charge < -0.3 is 9.84 Å². The molecule has 4 nitrogen and oxygen atoms in total. The van der Waals surface area contributed by atoms with E-state index in [0.717, 1.165) is 12.3 Å². The van der Waals surface area contributed by atoms with Crippen LogP contribution in [-0.2, 0) is 0 Å². The van der Waals surface area contributed by atoms with Gasteiger partial charge >= 0.3 is 12.3 Å². The van der Waals surface area contributed by atoms with Crippen LogP contribution in [-0.4, -0.2) is 22.4 Å². The highest BCUT2D eigenvalue weighted by Gasteiger charge is 2.32. The molecule has 2 aromatic rings. The number of para-hydroxylation sites is 1. The highest BCUT2D eigenvalue weighted by atomic mass is 19.4. The second-order valence-corrected chi connectivity index (χ2v) is 4.22. The van der Waals surface area contributed by atoms with Crippen LogP contribution in [0, 0.1) is 6.92 Å². The molecule has 0 bridgehead atoms. The van der Waals surface area contributed by atoms with Crippen molar-refractivity contribution < 1.29 is 27.8 Å². The molecule has 1 heterocycles. The lowest BCUT2D eigenvalue weighted by Crippen LogP contribution is -2.17. The second kappa shape index (κ2) is 5.43. The molecule has 0 saturated heterocycles. The zero-order chi connectivity index (χ0) is 15.6. The highest BCUT2D eigenvalue weighted by Crippen LogP contribution is 2.35. The first kappa shape index (κ1) is 14.8. The fraction of sp³-hybridized carbons (Fsp3) is 0.143. The molecular weight excluding hydrogens is 287 g/mol. The molecule has 0 aliphatic heterocycles. The topological polar surface area (TPSA) is 59.4 Å². The average molecular weight is 297 g/mol. The first-order valence-corrected chi connectivity index (χ1v) is 5.83. The van der Waals surface area contributed by atoms with E-state index in [1.807, 2.05) is 0 Å². The number of halogens is 3. The van der Waals surface area contributed by atoms with E-state index in [9.17, 15) is 18.0 Å². The minimum atomic E-state index is -4.86. The van der Waals surface area contributed by atoms with Crippen molar-refractivity contribution in [2.75, 3.05) is 0 Å². The molecule has 0 saturated carbocycles. The molecule has 1 aromatic carbocycles. The van der Waals surface area contributed by atoms with Crippen molar-refractivity contribution in [1.82, 2.24) is 4.98 Å². The number of aryl methyl sites for hydroxylation is 1. The van der Waals surface area contributed by atoms with E-state index in [0.29, 0.717) is 5.69 Å². The van der Waals surface area contributed by atoms with Crippen LogP contribution >= 0.6 is 0 Å². The van der Waals surface area contributed by atoms with Crippen LogP contribution in [0.2, 0.25) is 0 Å². The Labute approximate surface area is 117 Å². The van der Waals surface area contributed by atoms with E-state index >= 15 is 0 Å². The van der Waals surface area contributed by atoms with E-state index in [2.05, 4.69) is 9.72 Å². The van der Waals surface area contributed by atoms with Crippen molar-refractivity contribution in [3.05, 3.63) is 47.8 Å². The number of aromatic nitrogens is 1. The van der Waals surface area contributed by atoms with Crippen molar-refractivity contribution in [2.45, 2.75) is 13.3 Å². The van der Waals surface area contributed by atoms with Gasteiger partial charge in [-0.1, -0.05) is 18.2 Å². The molecule has 0 radical (unpaired) electrons. The predicted octanol–water partition coefficient (Wildman–Crippen LogP) is 3.65. The molecule has 0 spiro atoms. The number of ether oxygens (including phenoxy) is 1. The summed E-state index contributed by atoms with van der Waals surface area (Å²) in [6.07, 6.45) is -3.75. The monoisotopic (exact) mass is 297 g/mol. The summed E-state index contributed by atoms with van der Waals surface area (Å²) in [5, 5.41) is 9.14. The smallest absolute Gasteiger partial charge is 0.478 e. The predicted molar refractivity (Wildman–Crippen MR) is 68.1 cm³/mol. The van der Waals surface area contributed by atoms with Gasteiger partial charge in [-0.3, -0.25) is 4.98 Å². The zero-order valence-electron chi connectivity index (χ0n) is 10.8. The summed E-state index contributed by atoms with van der Waals surface area (Å²) in [6, 6.07) is 6.77. The number of rotatable bonds is 3. The molecule has 0 atom stereocenters. The summed E-state index contributed by atoms with van der Waals surface area (Å²) >= 11 is 0. The molecule has 0 aliphatic rings. The van der Waals surface area contributed by atoms with E-state index in [4.69, 9.17) is 5.11 Å². The van der Waals surface area contributed by atoms with Crippen molar-refractivity contribution >= 4 is 5.97 Å². The second-order valence-electron chi connectivity index (χ2n) is 4.22. The largest absolute Gasteiger partial charge is 0.573 e. The molecule has 0 fully saturated rings. The van der Waals surface area contributed by atoms with Gasteiger partial charge in [-0.15, -0.1) is 13.2 Å². The van der Waals surface area contributed by atoms with Crippen LogP contribution in [0.5, 0.6) is 5.75 Å². The maximum absolute atomic E-state index is 12.4. The Bertz CT molecular complexity index is 683. The lowest BCUT2D eigenvalue weighted by Gasteiger charge is -2.14. The zero-order valence-corrected chi connectivity index (χ0v) is 10.8. The fourth-order valence-corrected chi connectivity index (χ4v) is 1.86. The van der Waals surface area contributed by atoms with Crippen molar-refractivity contribution in [3.63, 3.8) is 0 Å². The van der Waals surface area contributed by atoms with Gasteiger partial charge in [0.2, 0.25) is 0 Å². The number of pyridine rings is 1. The summed E-state index contributed by atoms with van der Waals surface area (Å²) in [4.78, 5) is 15.0. The van der Waals surface area contributed by atoms with Crippen LogP contribution in [0.25, 0.3) is 11.1 Å². The van der Waals surface area contributed by atoms with Crippen LogP contribution in [0.15, 0.2) is 36.5 Å². The van der Waals surface area contributed by atoms with Crippen molar-refractivity contribution in [1.29, 1.82) is 0 Å². The molecule has 0 aliphatic carbocycles. The molecule has 1 N–H and O–H groups in total. The van der Waals surface area contributed by atoms with Gasteiger partial charge in [0, 0.05) is 23.0 Å². The summed E-state index contributed by atoms with van der Waals surface area (Å²) in [6.45, 7) is 1.61. The minimum Gasteiger partial charge on any atom is -0.478 e. The van der Waals surface area contributed by atoms with Crippen LogP contribution in [0.3, 0.4) is 0 Å². The maximum Gasteiger partial charge on any atom is 0.573 e. The van der Waals surface area contributed by atoms with Gasteiger partial charge in [0.15, 0.2) is 0 Å². The minimum absolute atomic E-state index is 0.0396. The molecular formula is C14H10F3NO3. The Morgan fingerprint density at radius 3 is 2.52 bits per heavy atom. The Morgan fingerprint density at radius 2 is 1.90 bits per heavy atom. The molecule has 2 rings (SSSR count). The Morgan fingerprint density at radius 1 is 1.24 bits per heavy atom. The first-order valence-electron chi connectivity index (χ1n) is 5.83. The van der Waals surface area contributed by atoms with E-state index < -0.39 is 18.1 Å². The van der Waals surface area contributed by atoms with Gasteiger partial charge in [-0.2, -0.15) is 0 Å². The first-order chi connectivity index (χ1) is 9.78. The summed E-state index contributed by atoms with van der Waals surface area (Å²) in [5.74, 6) is -1.74. The highest BCUT2D eigenvalue weighted by molar-refractivity contribution is 5.96. The van der Waals surface area contributed by atoms with Crippen molar-refractivity contribution in [3.8, 4) is 16.9 Å². The van der Waals surface area contributed by atoms with Gasteiger partial charge in [-0.05, 0) is 19.1 Å². The SMILES string of the molecule is Cc1cc(-c2ccccc2OC(F)(F)F)c(C(=O)O)cn1. The lowest BCUT2D eigenvalue weighted by molar-refractivity contribution is -0.274. The number of carboxylic acid groups (broad SMARTS) is 1. The third kappa shape index (κ3) is 3.50. The standard InChI is InChI=1S/C14H10F3NO3/c1-8-6-10(11(7-18-8)13(19)20)9-4-2-3-5-12(9)21-14(15,16)17/h2-7H,1H3,(H,19,20). The Balaban J connectivity index is 2.62.